The molecule has 1 atom stereocenters. The number of fused-ring (bicyclic) bond motifs is 1. The topological polar surface area (TPSA) is 85.0 Å². The van der Waals surface area contributed by atoms with E-state index in [2.05, 4.69) is 26.7 Å². The first kappa shape index (κ1) is 19.2. The van der Waals surface area contributed by atoms with Crippen LogP contribution >= 0.6 is 15.9 Å². The Bertz CT molecular complexity index is 1010. The number of amides is 4. The molecule has 0 aromatic heterocycles. The van der Waals surface area contributed by atoms with E-state index < -0.39 is 12.2 Å². The number of para-hydroxylation sites is 1. The molecule has 2 aliphatic rings. The molecule has 2 aromatic carbocycles. The highest BCUT2D eigenvalue weighted by atomic mass is 79.9. The quantitative estimate of drug-likeness (QED) is 0.741. The van der Waals surface area contributed by atoms with Crippen molar-refractivity contribution in [1.82, 2.24) is 15.3 Å². The summed E-state index contributed by atoms with van der Waals surface area (Å²) in [5.41, 5.74) is 5.11. The Labute approximate surface area is 175 Å². The van der Waals surface area contributed by atoms with Crippen LogP contribution in [0.15, 0.2) is 65.4 Å². The Morgan fingerprint density at radius 3 is 2.55 bits per heavy atom. The number of hydrazine groups is 1. The van der Waals surface area contributed by atoms with Gasteiger partial charge in [-0.25, -0.2) is 9.80 Å². The number of benzene rings is 2. The molecule has 9 heteroatoms. The first-order chi connectivity index (χ1) is 13.9. The molecule has 0 aliphatic carbocycles. The molecule has 0 radical (unpaired) electrons. The maximum atomic E-state index is 12.9. The number of nitrogens with one attached hydrogen (secondary N) is 2. The largest absolute Gasteiger partial charge is 0.340 e. The van der Waals surface area contributed by atoms with Crippen molar-refractivity contribution in [3.63, 3.8) is 0 Å². The zero-order chi connectivity index (χ0) is 20.5. The highest BCUT2D eigenvalue weighted by Crippen LogP contribution is 2.25. The van der Waals surface area contributed by atoms with Crippen LogP contribution in [0.2, 0.25) is 0 Å². The van der Waals surface area contributed by atoms with E-state index in [9.17, 15) is 14.4 Å². The Morgan fingerprint density at radius 1 is 1.10 bits per heavy atom. The number of urea groups is 1. The van der Waals surface area contributed by atoms with Crippen LogP contribution in [0, 0.1) is 6.92 Å². The summed E-state index contributed by atoms with van der Waals surface area (Å²) in [5, 5.41) is 3.93. The molecule has 8 nitrogen and oxygen atoms in total. The summed E-state index contributed by atoms with van der Waals surface area (Å²) in [5.74, 6) is -0.675. The number of halogens is 1. The van der Waals surface area contributed by atoms with Crippen LogP contribution in [0.4, 0.5) is 16.2 Å². The highest BCUT2D eigenvalue weighted by molar-refractivity contribution is 9.10. The molecule has 0 spiro atoms. The normalized spacial score (nSPS) is 18.3. The number of nitrogens with zero attached hydrogens (tertiary/aromatic N) is 3. The number of anilines is 2. The van der Waals surface area contributed by atoms with Crippen LogP contribution in [0.3, 0.4) is 0 Å². The van der Waals surface area contributed by atoms with Crippen LogP contribution in [0.5, 0.6) is 0 Å². The van der Waals surface area contributed by atoms with Crippen molar-refractivity contribution < 1.29 is 14.4 Å². The molecule has 0 saturated carbocycles. The van der Waals surface area contributed by atoms with Gasteiger partial charge in [-0.05, 0) is 42.8 Å². The molecule has 0 bridgehead atoms. The highest BCUT2D eigenvalue weighted by Gasteiger charge is 2.44. The monoisotopic (exact) mass is 455 g/mol. The van der Waals surface area contributed by atoms with Gasteiger partial charge in [-0.15, -0.1) is 0 Å². The Morgan fingerprint density at radius 2 is 1.83 bits per heavy atom. The van der Waals surface area contributed by atoms with E-state index >= 15 is 0 Å². The van der Waals surface area contributed by atoms with Gasteiger partial charge in [0, 0.05) is 28.2 Å². The van der Waals surface area contributed by atoms with E-state index in [1.165, 1.54) is 16.0 Å². The minimum absolute atomic E-state index is 0.223. The molecule has 2 aromatic rings. The first-order valence-electron chi connectivity index (χ1n) is 8.92. The number of aryl methyl sites for hydroxylation is 1. The van der Waals surface area contributed by atoms with Crippen LogP contribution in [0.25, 0.3) is 0 Å². The third kappa shape index (κ3) is 3.74. The van der Waals surface area contributed by atoms with Crippen molar-refractivity contribution in [1.29, 1.82) is 0 Å². The number of hydrogen-bond donors (Lipinski definition) is 2. The van der Waals surface area contributed by atoms with E-state index in [0.29, 0.717) is 11.4 Å². The second-order valence-corrected chi connectivity index (χ2v) is 7.57. The Balaban J connectivity index is 1.45. The number of rotatable bonds is 4. The molecule has 2 aliphatic heterocycles. The molecule has 2 N–H and O–H groups in total. The van der Waals surface area contributed by atoms with E-state index in [-0.39, 0.29) is 18.4 Å². The molecule has 1 saturated heterocycles. The van der Waals surface area contributed by atoms with Crippen molar-refractivity contribution >= 4 is 45.2 Å². The summed E-state index contributed by atoms with van der Waals surface area (Å²) in [6.45, 7) is 1.66. The lowest BCUT2D eigenvalue weighted by Crippen LogP contribution is -2.52. The third-order valence-electron chi connectivity index (χ3n) is 4.68. The molecule has 4 rings (SSSR count). The van der Waals surface area contributed by atoms with Gasteiger partial charge < -0.3 is 5.32 Å². The number of carbonyl (C=O) groups is 3. The molecule has 148 valence electrons. The smallest absolute Gasteiger partial charge is 0.324 e. The summed E-state index contributed by atoms with van der Waals surface area (Å²) in [4.78, 5) is 40.6. The lowest BCUT2D eigenvalue weighted by Gasteiger charge is -2.29. The predicted octanol–water partition coefficient (Wildman–Crippen LogP) is 2.78. The predicted molar refractivity (Wildman–Crippen MR) is 111 cm³/mol. The average molecular weight is 456 g/mol. The molecule has 29 heavy (non-hydrogen) atoms. The summed E-state index contributed by atoms with van der Waals surface area (Å²) in [7, 11) is 0. The summed E-state index contributed by atoms with van der Waals surface area (Å²) in [6, 6.07) is 14.2. The van der Waals surface area contributed by atoms with Crippen molar-refractivity contribution in [3.8, 4) is 0 Å². The fourth-order valence-electron chi connectivity index (χ4n) is 3.16. The summed E-state index contributed by atoms with van der Waals surface area (Å²) >= 11 is 3.37. The van der Waals surface area contributed by atoms with Gasteiger partial charge in [0.2, 0.25) is 5.91 Å². The second kappa shape index (κ2) is 7.69. The molecular formula is C20H18BrN5O3. The van der Waals surface area contributed by atoms with Crippen molar-refractivity contribution in [2.75, 3.05) is 16.8 Å². The van der Waals surface area contributed by atoms with Gasteiger partial charge >= 0.3 is 6.03 Å². The molecule has 1 fully saturated rings. The fraction of sp³-hybridized carbons (Fsp3) is 0.150. The lowest BCUT2D eigenvalue weighted by molar-refractivity contribution is -0.123. The van der Waals surface area contributed by atoms with Crippen molar-refractivity contribution in [2.45, 2.75) is 13.1 Å². The van der Waals surface area contributed by atoms with Gasteiger partial charge in [0.25, 0.3) is 5.91 Å². The molecular weight excluding hydrogens is 438 g/mol. The molecule has 1 unspecified atom stereocenters. The van der Waals surface area contributed by atoms with Gasteiger partial charge in [0.15, 0.2) is 6.17 Å². The number of hydrogen-bond acceptors (Lipinski definition) is 4. The summed E-state index contributed by atoms with van der Waals surface area (Å²) < 4.78 is 0.899. The molecule has 2 heterocycles. The van der Waals surface area contributed by atoms with E-state index in [1.807, 2.05) is 37.3 Å². The van der Waals surface area contributed by atoms with Gasteiger partial charge in [-0.3, -0.25) is 19.4 Å². The van der Waals surface area contributed by atoms with E-state index in [0.717, 1.165) is 15.0 Å². The minimum atomic E-state index is -0.901. The fourth-order valence-corrected chi connectivity index (χ4v) is 3.42. The van der Waals surface area contributed by atoms with Crippen LogP contribution in [0.1, 0.15) is 5.56 Å². The lowest BCUT2D eigenvalue weighted by atomic mass is 10.2. The van der Waals surface area contributed by atoms with Gasteiger partial charge in [-0.2, -0.15) is 5.43 Å². The first-order valence-corrected chi connectivity index (χ1v) is 9.72. The maximum Gasteiger partial charge on any atom is 0.340 e. The minimum Gasteiger partial charge on any atom is -0.324 e. The zero-order valence-electron chi connectivity index (χ0n) is 15.5. The Hall–Kier alpha value is -3.17. The van der Waals surface area contributed by atoms with Gasteiger partial charge in [0.05, 0.1) is 0 Å². The third-order valence-corrected chi connectivity index (χ3v) is 5.21. The standard InChI is InChI=1S/C20H18BrN5O3/c1-13-4-2-3-5-16(13)22-17(27)12-26-20(29)25-11-10-24(19(28)18(25)23-26)15-8-6-14(21)7-9-15/h2-11,18,23H,12H2,1H3,(H,22,27). The molecule has 4 amide bonds. The van der Waals surface area contributed by atoms with Gasteiger partial charge in [-0.1, -0.05) is 34.1 Å². The second-order valence-electron chi connectivity index (χ2n) is 6.65. The van der Waals surface area contributed by atoms with Crippen LogP contribution in [-0.2, 0) is 9.59 Å². The van der Waals surface area contributed by atoms with Crippen LogP contribution < -0.4 is 15.6 Å². The average Bonchev–Trinajstić information content (AvgIpc) is 3.01. The van der Waals surface area contributed by atoms with E-state index in [1.54, 1.807) is 24.4 Å². The number of carbonyl (C=O) groups excluding carboxylic acids is 3. The Kier molecular flexibility index (Phi) is 5.08. The van der Waals surface area contributed by atoms with E-state index in [4.69, 9.17) is 0 Å². The zero-order valence-corrected chi connectivity index (χ0v) is 17.1. The SMILES string of the molecule is Cc1ccccc1NC(=O)CN1NC2C(=O)N(c3ccc(Br)cc3)C=CN2C1=O. The van der Waals surface area contributed by atoms with Crippen molar-refractivity contribution in [2.24, 2.45) is 0 Å². The van der Waals surface area contributed by atoms with Gasteiger partial charge in [0.1, 0.15) is 6.54 Å². The van der Waals surface area contributed by atoms with Crippen molar-refractivity contribution in [3.05, 3.63) is 71.0 Å². The van der Waals surface area contributed by atoms with Crippen LogP contribution in [-0.4, -0.2) is 40.5 Å². The maximum absolute atomic E-state index is 12.9. The summed E-state index contributed by atoms with van der Waals surface area (Å²) in [6.07, 6.45) is 2.17.